The molecule has 1 aromatic carbocycles. The molecule has 2 aliphatic heterocycles. The average molecular weight is 313 g/mol. The fourth-order valence-electron chi connectivity index (χ4n) is 3.84. The van der Waals surface area contributed by atoms with Gasteiger partial charge in [-0.2, -0.15) is 0 Å². The monoisotopic (exact) mass is 313 g/mol. The molecular weight excluding hydrogens is 290 g/mol. The Morgan fingerprint density at radius 2 is 1.95 bits per heavy atom. The highest BCUT2D eigenvalue weighted by Gasteiger charge is 2.34. The molecule has 2 bridgehead atoms. The topological polar surface area (TPSA) is 19.4 Å². The molecule has 22 heavy (non-hydrogen) atoms. The fraction of sp³-hybridized carbons (Fsp3) is 0.500. The van der Waals surface area contributed by atoms with Gasteiger partial charge in [-0.15, -0.1) is 11.3 Å². The van der Waals surface area contributed by atoms with Crippen molar-refractivity contribution in [3.63, 3.8) is 0 Å². The largest absolute Gasteiger partial charge is 0.299 e. The lowest BCUT2D eigenvalue weighted by Crippen LogP contribution is -2.36. The quantitative estimate of drug-likeness (QED) is 0.865. The zero-order valence-electron chi connectivity index (χ0n) is 13.1. The number of aromatic nitrogens is 1. The molecule has 2 saturated heterocycles. The Morgan fingerprint density at radius 3 is 2.82 bits per heavy atom. The Morgan fingerprint density at radius 1 is 1.14 bits per heavy atom. The molecule has 0 spiro atoms. The first-order valence-corrected chi connectivity index (χ1v) is 9.11. The van der Waals surface area contributed by atoms with Gasteiger partial charge in [0.2, 0.25) is 0 Å². The molecule has 2 aromatic rings. The normalized spacial score (nSPS) is 26.2. The van der Waals surface area contributed by atoms with Gasteiger partial charge in [0, 0.05) is 36.1 Å². The molecule has 2 fully saturated rings. The summed E-state index contributed by atoms with van der Waals surface area (Å²) < 4.78 is 0. The van der Waals surface area contributed by atoms with Gasteiger partial charge in [0.05, 0.1) is 12.2 Å². The van der Waals surface area contributed by atoms with Crippen LogP contribution in [0.2, 0.25) is 0 Å². The molecule has 0 radical (unpaired) electrons. The van der Waals surface area contributed by atoms with Gasteiger partial charge in [-0.05, 0) is 26.3 Å². The summed E-state index contributed by atoms with van der Waals surface area (Å²) in [7, 11) is 2.31. The lowest BCUT2D eigenvalue weighted by molar-refractivity contribution is 0.214. The van der Waals surface area contributed by atoms with E-state index in [2.05, 4.69) is 52.6 Å². The molecule has 0 N–H and O–H groups in total. The summed E-state index contributed by atoms with van der Waals surface area (Å²) in [4.78, 5) is 10.1. The zero-order chi connectivity index (χ0) is 14.9. The van der Waals surface area contributed by atoms with E-state index >= 15 is 0 Å². The highest BCUT2D eigenvalue weighted by atomic mass is 32.1. The first-order valence-electron chi connectivity index (χ1n) is 8.24. The zero-order valence-corrected chi connectivity index (χ0v) is 13.9. The molecule has 2 atom stereocenters. The van der Waals surface area contributed by atoms with Crippen molar-refractivity contribution in [2.24, 2.45) is 0 Å². The van der Waals surface area contributed by atoms with Gasteiger partial charge < -0.3 is 0 Å². The van der Waals surface area contributed by atoms with Crippen LogP contribution in [0.1, 0.15) is 24.3 Å². The molecule has 3 heterocycles. The Kier molecular flexibility index (Phi) is 3.99. The van der Waals surface area contributed by atoms with Gasteiger partial charge in [-0.1, -0.05) is 30.3 Å². The van der Waals surface area contributed by atoms with E-state index < -0.39 is 0 Å². The average Bonchev–Trinajstić information content (AvgIpc) is 3.08. The predicted molar refractivity (Wildman–Crippen MR) is 92.0 cm³/mol. The van der Waals surface area contributed by atoms with E-state index in [1.807, 2.05) is 0 Å². The number of likely N-dealkylation sites (N-methyl/N-ethyl adjacent to an activating group) is 1. The van der Waals surface area contributed by atoms with Gasteiger partial charge in [0.15, 0.2) is 0 Å². The number of hydrogen-bond donors (Lipinski definition) is 0. The Labute approximate surface area is 136 Å². The van der Waals surface area contributed by atoms with Crippen molar-refractivity contribution in [1.82, 2.24) is 14.8 Å². The van der Waals surface area contributed by atoms with Crippen LogP contribution in [0, 0.1) is 0 Å². The van der Waals surface area contributed by atoms with Gasteiger partial charge in [0.1, 0.15) is 5.01 Å². The number of hydrogen-bond acceptors (Lipinski definition) is 4. The smallest absolute Gasteiger partial charge is 0.107 e. The molecule has 0 saturated carbocycles. The van der Waals surface area contributed by atoms with Crippen LogP contribution in [-0.2, 0) is 6.54 Å². The van der Waals surface area contributed by atoms with Crippen molar-refractivity contribution in [2.45, 2.75) is 37.9 Å². The van der Waals surface area contributed by atoms with Crippen LogP contribution < -0.4 is 0 Å². The predicted octanol–water partition coefficient (Wildman–Crippen LogP) is 3.48. The first-order chi connectivity index (χ1) is 10.8. The number of fused-ring (bicyclic) bond motifs is 2. The molecule has 2 aliphatic rings. The molecule has 3 nitrogen and oxygen atoms in total. The van der Waals surface area contributed by atoms with Gasteiger partial charge in [-0.25, -0.2) is 4.98 Å². The lowest BCUT2D eigenvalue weighted by atomic mass is 10.1. The molecule has 0 amide bonds. The SMILES string of the molecule is CN1C2CCC1CN(Cc1nc(-c3ccccc3)cs1)CC2. The van der Waals surface area contributed by atoms with E-state index in [1.165, 1.54) is 42.9 Å². The van der Waals surface area contributed by atoms with E-state index in [-0.39, 0.29) is 0 Å². The maximum atomic E-state index is 4.85. The second kappa shape index (κ2) is 6.11. The van der Waals surface area contributed by atoms with Crippen LogP contribution in [0.5, 0.6) is 0 Å². The fourth-order valence-corrected chi connectivity index (χ4v) is 4.68. The minimum Gasteiger partial charge on any atom is -0.299 e. The van der Waals surface area contributed by atoms with E-state index in [9.17, 15) is 0 Å². The Bertz CT molecular complexity index is 624. The number of rotatable bonds is 3. The van der Waals surface area contributed by atoms with Gasteiger partial charge in [0.25, 0.3) is 0 Å². The molecule has 2 unspecified atom stereocenters. The number of thiazole rings is 1. The number of nitrogens with zero attached hydrogens (tertiary/aromatic N) is 3. The minimum absolute atomic E-state index is 0.751. The van der Waals surface area contributed by atoms with E-state index in [1.54, 1.807) is 11.3 Å². The lowest BCUT2D eigenvalue weighted by Gasteiger charge is -2.24. The van der Waals surface area contributed by atoms with Crippen LogP contribution in [0.4, 0.5) is 0 Å². The third kappa shape index (κ3) is 2.83. The first kappa shape index (κ1) is 14.4. The highest BCUT2D eigenvalue weighted by molar-refractivity contribution is 7.09. The highest BCUT2D eigenvalue weighted by Crippen LogP contribution is 2.29. The summed E-state index contributed by atoms with van der Waals surface area (Å²) in [6.45, 7) is 3.42. The standard InChI is InChI=1S/C18H23N3S/c1-20-15-7-8-16(20)11-21(10-9-15)12-18-19-17(13-22-18)14-5-3-2-4-6-14/h2-6,13,15-16H,7-12H2,1H3. The molecular formula is C18H23N3S. The molecule has 4 rings (SSSR count). The second-order valence-corrected chi connectivity index (χ2v) is 7.51. The molecule has 116 valence electrons. The van der Waals surface area contributed by atoms with Crippen molar-refractivity contribution >= 4 is 11.3 Å². The Hall–Kier alpha value is -1.23. The van der Waals surface area contributed by atoms with Crippen molar-refractivity contribution in [2.75, 3.05) is 20.1 Å². The minimum atomic E-state index is 0.751. The summed E-state index contributed by atoms with van der Waals surface area (Å²) in [6.07, 6.45) is 4.07. The van der Waals surface area contributed by atoms with Gasteiger partial charge in [-0.3, -0.25) is 9.80 Å². The van der Waals surface area contributed by atoms with Crippen molar-refractivity contribution in [1.29, 1.82) is 0 Å². The summed E-state index contributed by atoms with van der Waals surface area (Å²) in [5, 5.41) is 3.44. The van der Waals surface area contributed by atoms with Crippen LogP contribution in [0.15, 0.2) is 35.7 Å². The number of likely N-dealkylation sites (tertiary alicyclic amines) is 1. The van der Waals surface area contributed by atoms with E-state index in [0.717, 1.165) is 24.3 Å². The second-order valence-electron chi connectivity index (χ2n) is 6.57. The third-order valence-electron chi connectivity index (χ3n) is 5.21. The van der Waals surface area contributed by atoms with Crippen LogP contribution in [0.25, 0.3) is 11.3 Å². The van der Waals surface area contributed by atoms with E-state index in [0.29, 0.717) is 0 Å². The number of benzene rings is 1. The summed E-state index contributed by atoms with van der Waals surface area (Å²) in [6, 6.07) is 12.1. The maximum Gasteiger partial charge on any atom is 0.107 e. The van der Waals surface area contributed by atoms with Crippen molar-refractivity contribution < 1.29 is 0 Å². The van der Waals surface area contributed by atoms with Crippen molar-refractivity contribution in [3.8, 4) is 11.3 Å². The summed E-state index contributed by atoms with van der Waals surface area (Å²) in [5.41, 5.74) is 2.34. The van der Waals surface area contributed by atoms with Crippen LogP contribution >= 0.6 is 11.3 Å². The Balaban J connectivity index is 1.45. The summed E-state index contributed by atoms with van der Waals surface area (Å²) >= 11 is 1.80. The molecule has 0 aliphatic carbocycles. The molecule has 1 aromatic heterocycles. The van der Waals surface area contributed by atoms with Crippen LogP contribution in [-0.4, -0.2) is 47.0 Å². The maximum absolute atomic E-state index is 4.85. The third-order valence-corrected chi connectivity index (χ3v) is 6.05. The van der Waals surface area contributed by atoms with E-state index in [4.69, 9.17) is 4.98 Å². The summed E-state index contributed by atoms with van der Waals surface area (Å²) in [5.74, 6) is 0. The van der Waals surface area contributed by atoms with Crippen LogP contribution in [0.3, 0.4) is 0 Å². The van der Waals surface area contributed by atoms with Crippen molar-refractivity contribution in [3.05, 3.63) is 40.7 Å². The van der Waals surface area contributed by atoms with Gasteiger partial charge >= 0.3 is 0 Å². The molecule has 4 heteroatoms.